The van der Waals surface area contributed by atoms with Crippen molar-refractivity contribution < 1.29 is 4.79 Å². The molecule has 21 heavy (non-hydrogen) atoms. The van der Waals surface area contributed by atoms with Crippen LogP contribution in [0.5, 0.6) is 0 Å². The van der Waals surface area contributed by atoms with Crippen LogP contribution in [-0.2, 0) is 5.41 Å². The molecule has 6 heteroatoms. The van der Waals surface area contributed by atoms with Crippen LogP contribution in [0.2, 0.25) is 0 Å². The van der Waals surface area contributed by atoms with E-state index in [2.05, 4.69) is 46.3 Å². The van der Waals surface area contributed by atoms with Gasteiger partial charge in [-0.2, -0.15) is 0 Å². The van der Waals surface area contributed by atoms with Gasteiger partial charge in [0, 0.05) is 23.3 Å². The molecule has 4 nitrogen and oxygen atoms in total. The summed E-state index contributed by atoms with van der Waals surface area (Å²) in [6, 6.07) is 0.374. The standard InChI is InChI=1S/C15H24BrN3OS/c1-15(2,3)13-12(21-18-17-13)14(20)19(10-9-16)11-7-5-4-6-8-11/h11H,4-10H2,1-3H3. The lowest BCUT2D eigenvalue weighted by atomic mass is 9.90. The highest BCUT2D eigenvalue weighted by Gasteiger charge is 2.32. The molecule has 0 radical (unpaired) electrons. The fraction of sp³-hybridized carbons (Fsp3) is 0.800. The van der Waals surface area contributed by atoms with Gasteiger partial charge in [-0.25, -0.2) is 0 Å². The molecule has 1 aromatic rings. The summed E-state index contributed by atoms with van der Waals surface area (Å²) in [4.78, 5) is 15.8. The zero-order chi connectivity index (χ0) is 15.5. The van der Waals surface area contributed by atoms with Crippen LogP contribution >= 0.6 is 27.5 Å². The Labute approximate surface area is 139 Å². The predicted molar refractivity (Wildman–Crippen MR) is 90.3 cm³/mol. The minimum atomic E-state index is -0.148. The number of nitrogens with zero attached hydrogens (tertiary/aromatic N) is 3. The average molecular weight is 374 g/mol. The second-order valence-corrected chi connectivity index (χ2v) is 8.23. The zero-order valence-electron chi connectivity index (χ0n) is 13.1. The molecule has 0 unspecified atom stereocenters. The van der Waals surface area contributed by atoms with Crippen molar-refractivity contribution in [2.24, 2.45) is 0 Å². The third-order valence-electron chi connectivity index (χ3n) is 3.99. The molecule has 1 aliphatic rings. The maximum Gasteiger partial charge on any atom is 0.267 e. The maximum atomic E-state index is 13.0. The molecule has 1 aromatic heterocycles. The Morgan fingerprint density at radius 1 is 1.33 bits per heavy atom. The summed E-state index contributed by atoms with van der Waals surface area (Å²) < 4.78 is 4.03. The number of carbonyl (C=O) groups excluding carboxylic acids is 1. The minimum absolute atomic E-state index is 0.112. The number of hydrogen-bond acceptors (Lipinski definition) is 4. The van der Waals surface area contributed by atoms with Crippen LogP contribution < -0.4 is 0 Å². The van der Waals surface area contributed by atoms with Crippen molar-refractivity contribution in [3.8, 4) is 0 Å². The second kappa shape index (κ2) is 7.18. The third kappa shape index (κ3) is 4.03. The van der Waals surface area contributed by atoms with E-state index in [0.717, 1.165) is 30.4 Å². The van der Waals surface area contributed by atoms with E-state index in [0.29, 0.717) is 10.9 Å². The summed E-state index contributed by atoms with van der Waals surface area (Å²) in [5.41, 5.74) is 0.679. The van der Waals surface area contributed by atoms with Gasteiger partial charge < -0.3 is 4.90 Å². The molecule has 0 atom stereocenters. The molecule has 0 bridgehead atoms. The zero-order valence-corrected chi connectivity index (χ0v) is 15.5. The lowest BCUT2D eigenvalue weighted by molar-refractivity contribution is 0.0653. The molecule has 1 aliphatic carbocycles. The van der Waals surface area contributed by atoms with Crippen LogP contribution in [0.1, 0.15) is 68.2 Å². The van der Waals surface area contributed by atoms with Crippen molar-refractivity contribution in [2.45, 2.75) is 64.3 Å². The number of alkyl halides is 1. The average Bonchev–Trinajstić information content (AvgIpc) is 2.94. The first kappa shape index (κ1) is 16.9. The minimum Gasteiger partial charge on any atom is -0.334 e. The summed E-state index contributed by atoms with van der Waals surface area (Å²) in [5.74, 6) is 0.112. The number of hydrogen-bond donors (Lipinski definition) is 0. The highest BCUT2D eigenvalue weighted by atomic mass is 79.9. The van der Waals surface area contributed by atoms with E-state index in [1.807, 2.05) is 4.90 Å². The van der Waals surface area contributed by atoms with Gasteiger partial charge in [0.25, 0.3) is 5.91 Å². The van der Waals surface area contributed by atoms with Crippen molar-refractivity contribution in [2.75, 3.05) is 11.9 Å². The molecule has 0 N–H and O–H groups in total. The van der Waals surface area contributed by atoms with Crippen molar-refractivity contribution in [1.29, 1.82) is 0 Å². The number of halogens is 1. The van der Waals surface area contributed by atoms with Gasteiger partial charge in [0.2, 0.25) is 0 Å². The summed E-state index contributed by atoms with van der Waals surface area (Å²) in [6.45, 7) is 6.99. The van der Waals surface area contributed by atoms with Gasteiger partial charge in [-0.1, -0.05) is 60.5 Å². The van der Waals surface area contributed by atoms with E-state index >= 15 is 0 Å². The Balaban J connectivity index is 2.24. The highest BCUT2D eigenvalue weighted by Crippen LogP contribution is 2.29. The largest absolute Gasteiger partial charge is 0.334 e. The number of rotatable bonds is 4. The molecule has 0 aromatic carbocycles. The van der Waals surface area contributed by atoms with E-state index in [1.165, 1.54) is 30.8 Å². The van der Waals surface area contributed by atoms with Gasteiger partial charge in [0.05, 0.1) is 5.69 Å². The molecule has 2 rings (SSSR count). The van der Waals surface area contributed by atoms with Crippen LogP contribution in [0, 0.1) is 0 Å². The van der Waals surface area contributed by atoms with Crippen LogP contribution in [-0.4, -0.2) is 38.3 Å². The van der Waals surface area contributed by atoms with Crippen LogP contribution in [0.25, 0.3) is 0 Å². The van der Waals surface area contributed by atoms with Crippen molar-refractivity contribution in [3.63, 3.8) is 0 Å². The quantitative estimate of drug-likeness (QED) is 0.749. The predicted octanol–water partition coefficient (Wildman–Crippen LogP) is 4.01. The molecule has 0 saturated heterocycles. The number of aromatic nitrogens is 2. The van der Waals surface area contributed by atoms with Crippen LogP contribution in [0.3, 0.4) is 0 Å². The third-order valence-corrected chi connectivity index (χ3v) is 5.06. The highest BCUT2D eigenvalue weighted by molar-refractivity contribution is 9.09. The second-order valence-electron chi connectivity index (χ2n) is 6.68. The first-order valence-corrected chi connectivity index (χ1v) is 9.54. The molecule has 0 aliphatic heterocycles. The van der Waals surface area contributed by atoms with E-state index < -0.39 is 0 Å². The SMILES string of the molecule is CC(C)(C)c1nnsc1C(=O)N(CCBr)C1CCCCC1. The summed E-state index contributed by atoms with van der Waals surface area (Å²) in [6.07, 6.45) is 5.99. The smallest absolute Gasteiger partial charge is 0.267 e. The Morgan fingerprint density at radius 3 is 2.57 bits per heavy atom. The molecular formula is C15H24BrN3OS. The van der Waals surface area contributed by atoms with Gasteiger partial charge in [-0.3, -0.25) is 4.79 Å². The Hall–Kier alpha value is -0.490. The van der Waals surface area contributed by atoms with E-state index in [1.54, 1.807) is 0 Å². The van der Waals surface area contributed by atoms with Crippen molar-refractivity contribution in [3.05, 3.63) is 10.6 Å². The molecular weight excluding hydrogens is 350 g/mol. The van der Waals surface area contributed by atoms with Crippen molar-refractivity contribution >= 4 is 33.4 Å². The normalized spacial score (nSPS) is 17.0. The van der Waals surface area contributed by atoms with Crippen molar-refractivity contribution in [1.82, 2.24) is 14.5 Å². The van der Waals surface area contributed by atoms with E-state index in [9.17, 15) is 4.79 Å². The molecule has 1 amide bonds. The summed E-state index contributed by atoms with van der Waals surface area (Å²) in [7, 11) is 0. The van der Waals surface area contributed by atoms with E-state index in [-0.39, 0.29) is 11.3 Å². The number of carbonyl (C=O) groups is 1. The Morgan fingerprint density at radius 2 is 2.00 bits per heavy atom. The van der Waals surface area contributed by atoms with Gasteiger partial charge >= 0.3 is 0 Å². The Kier molecular flexibility index (Phi) is 5.77. The maximum absolute atomic E-state index is 13.0. The molecule has 1 saturated carbocycles. The lowest BCUT2D eigenvalue weighted by Crippen LogP contribution is -2.43. The van der Waals surface area contributed by atoms with E-state index in [4.69, 9.17) is 0 Å². The molecule has 118 valence electrons. The first-order chi connectivity index (χ1) is 9.95. The summed E-state index contributed by atoms with van der Waals surface area (Å²) in [5, 5.41) is 5.02. The van der Waals surface area contributed by atoms with Crippen LogP contribution in [0.15, 0.2) is 0 Å². The lowest BCUT2D eigenvalue weighted by Gasteiger charge is -2.34. The Bertz CT molecular complexity index is 478. The van der Waals surface area contributed by atoms with Gasteiger partial charge in [-0.15, -0.1) is 5.10 Å². The number of amides is 1. The van der Waals surface area contributed by atoms with Gasteiger partial charge in [0.15, 0.2) is 0 Å². The molecule has 1 heterocycles. The molecule has 0 spiro atoms. The topological polar surface area (TPSA) is 46.1 Å². The summed E-state index contributed by atoms with van der Waals surface area (Å²) >= 11 is 4.72. The monoisotopic (exact) mass is 373 g/mol. The first-order valence-electron chi connectivity index (χ1n) is 7.65. The van der Waals surface area contributed by atoms with Crippen LogP contribution in [0.4, 0.5) is 0 Å². The molecule has 1 fully saturated rings. The van der Waals surface area contributed by atoms with Gasteiger partial charge in [0.1, 0.15) is 4.88 Å². The fourth-order valence-electron chi connectivity index (χ4n) is 2.89. The van der Waals surface area contributed by atoms with Gasteiger partial charge in [-0.05, 0) is 24.4 Å². The fourth-order valence-corrected chi connectivity index (χ4v) is 4.10.